The molecular weight excluding hydrogens is 218 g/mol. The minimum absolute atomic E-state index is 0.712. The minimum atomic E-state index is 0.712. The molecule has 3 unspecified atom stereocenters. The van der Waals surface area contributed by atoms with Crippen molar-refractivity contribution >= 4 is 0 Å². The molecule has 1 heteroatoms. The van der Waals surface area contributed by atoms with Crippen LogP contribution in [0.15, 0.2) is 12.2 Å². The normalized spacial score (nSPS) is 32.0. The molecule has 3 atom stereocenters. The lowest BCUT2D eigenvalue weighted by atomic mass is 9.82. The van der Waals surface area contributed by atoms with E-state index in [4.69, 9.17) is 12.8 Å². The van der Waals surface area contributed by atoms with Gasteiger partial charge in [-0.3, -0.25) is 4.90 Å². The highest BCUT2D eigenvalue weighted by atomic mass is 15.2. The molecule has 2 saturated heterocycles. The van der Waals surface area contributed by atoms with Crippen molar-refractivity contribution in [1.82, 2.24) is 4.90 Å². The third-order valence-electron chi connectivity index (χ3n) is 4.51. The number of hydrogen-bond donors (Lipinski definition) is 0. The molecule has 0 bridgehead atoms. The second-order valence-electron chi connectivity index (χ2n) is 5.49. The predicted molar refractivity (Wildman–Crippen MR) is 76.9 cm³/mol. The maximum Gasteiger partial charge on any atom is 0.0133 e. The fourth-order valence-electron chi connectivity index (χ4n) is 3.69. The average molecular weight is 241 g/mol. The Bertz CT molecular complexity index is 368. The van der Waals surface area contributed by atoms with Crippen molar-refractivity contribution in [3.63, 3.8) is 0 Å². The Morgan fingerprint density at radius 3 is 2.89 bits per heavy atom. The highest BCUT2D eigenvalue weighted by Crippen LogP contribution is 2.38. The number of piperidine rings is 1. The topological polar surface area (TPSA) is 3.24 Å². The van der Waals surface area contributed by atoms with E-state index in [0.717, 1.165) is 24.8 Å². The fraction of sp³-hybridized carbons (Fsp3) is 0.647. The van der Waals surface area contributed by atoms with Crippen LogP contribution in [0, 0.1) is 30.6 Å². The maximum atomic E-state index is 5.40. The summed E-state index contributed by atoms with van der Waals surface area (Å²) in [5.74, 6) is 6.21. The largest absolute Gasteiger partial charge is 0.297 e. The van der Waals surface area contributed by atoms with Gasteiger partial charge in [0.1, 0.15) is 0 Å². The summed E-state index contributed by atoms with van der Waals surface area (Å²) in [6, 6.07) is 1.50. The minimum Gasteiger partial charge on any atom is -0.297 e. The smallest absolute Gasteiger partial charge is 0.0133 e. The van der Waals surface area contributed by atoms with Crippen LogP contribution < -0.4 is 0 Å². The Labute approximate surface area is 112 Å². The summed E-state index contributed by atoms with van der Waals surface area (Å²) in [5.41, 5.74) is 0. The zero-order chi connectivity index (χ0) is 12.8. The van der Waals surface area contributed by atoms with Gasteiger partial charge in [-0.15, -0.1) is 18.8 Å². The van der Waals surface area contributed by atoms with Gasteiger partial charge in [0.2, 0.25) is 0 Å². The van der Waals surface area contributed by atoms with Crippen LogP contribution in [-0.4, -0.2) is 23.5 Å². The molecule has 0 spiro atoms. The number of terminal acetylenes is 2. The Kier molecular flexibility index (Phi) is 4.91. The van der Waals surface area contributed by atoms with Crippen LogP contribution in [0.25, 0.3) is 0 Å². The van der Waals surface area contributed by atoms with E-state index in [1.807, 2.05) is 6.08 Å². The highest BCUT2D eigenvalue weighted by molar-refractivity contribution is 5.10. The van der Waals surface area contributed by atoms with Gasteiger partial charge >= 0.3 is 0 Å². The van der Waals surface area contributed by atoms with Crippen molar-refractivity contribution in [3.05, 3.63) is 12.2 Å². The van der Waals surface area contributed by atoms with Crippen molar-refractivity contribution in [1.29, 1.82) is 0 Å². The molecule has 0 aromatic heterocycles. The van der Waals surface area contributed by atoms with Gasteiger partial charge in [-0.1, -0.05) is 12.0 Å². The summed E-state index contributed by atoms with van der Waals surface area (Å²) in [5, 5.41) is 0. The number of nitrogens with zero attached hydrogens (tertiary/aromatic N) is 1. The second-order valence-corrected chi connectivity index (χ2v) is 5.49. The zero-order valence-electron chi connectivity index (χ0n) is 11.1. The summed E-state index contributed by atoms with van der Waals surface area (Å²) >= 11 is 0. The molecular formula is C17H23N. The van der Waals surface area contributed by atoms with Gasteiger partial charge in [0.05, 0.1) is 0 Å². The second kappa shape index (κ2) is 6.67. The first-order chi connectivity index (χ1) is 8.86. The van der Waals surface area contributed by atoms with Crippen molar-refractivity contribution < 1.29 is 0 Å². The molecule has 18 heavy (non-hydrogen) atoms. The SMILES string of the molecule is C#CC=CCC1CCC(CCC#C)C2CCCN12. The number of rotatable bonds is 4. The molecule has 0 aliphatic carbocycles. The molecule has 2 aliphatic heterocycles. The third-order valence-corrected chi connectivity index (χ3v) is 4.51. The summed E-state index contributed by atoms with van der Waals surface area (Å²) in [7, 11) is 0. The van der Waals surface area contributed by atoms with Crippen LogP contribution in [0.1, 0.15) is 44.9 Å². The van der Waals surface area contributed by atoms with Crippen LogP contribution in [0.3, 0.4) is 0 Å². The average Bonchev–Trinajstić information content (AvgIpc) is 2.87. The molecule has 0 radical (unpaired) electrons. The third kappa shape index (κ3) is 2.98. The van der Waals surface area contributed by atoms with E-state index >= 15 is 0 Å². The van der Waals surface area contributed by atoms with Crippen molar-refractivity contribution in [2.75, 3.05) is 6.54 Å². The van der Waals surface area contributed by atoms with Crippen molar-refractivity contribution in [2.24, 2.45) is 5.92 Å². The van der Waals surface area contributed by atoms with Gasteiger partial charge in [0.25, 0.3) is 0 Å². The molecule has 2 rings (SSSR count). The van der Waals surface area contributed by atoms with Crippen LogP contribution in [0.2, 0.25) is 0 Å². The Hall–Kier alpha value is -1.18. The standard InChI is InChI=1S/C17H23N/c1-3-5-7-10-16-13-12-15(9-6-4-2)17-11-8-14-18(16)17/h1-2,5,7,15-17H,6,8-14H2. The van der Waals surface area contributed by atoms with Gasteiger partial charge in [-0.25, -0.2) is 0 Å². The molecule has 0 aromatic rings. The maximum absolute atomic E-state index is 5.40. The summed E-state index contributed by atoms with van der Waals surface area (Å²) in [4.78, 5) is 2.73. The van der Waals surface area contributed by atoms with E-state index in [2.05, 4.69) is 22.8 Å². The van der Waals surface area contributed by atoms with Gasteiger partial charge in [-0.05, 0) is 57.1 Å². The lowest BCUT2D eigenvalue weighted by molar-refractivity contribution is 0.0719. The predicted octanol–water partition coefficient (Wildman–Crippen LogP) is 3.22. The van der Waals surface area contributed by atoms with Crippen LogP contribution >= 0.6 is 0 Å². The van der Waals surface area contributed by atoms with Gasteiger partial charge in [-0.2, -0.15) is 0 Å². The monoisotopic (exact) mass is 241 g/mol. The molecule has 2 heterocycles. The summed E-state index contributed by atoms with van der Waals surface area (Å²) in [6.45, 7) is 1.27. The molecule has 1 nitrogen and oxygen atoms in total. The van der Waals surface area contributed by atoms with Gasteiger partial charge < -0.3 is 0 Å². The van der Waals surface area contributed by atoms with Crippen LogP contribution in [0.5, 0.6) is 0 Å². The highest BCUT2D eigenvalue weighted by Gasteiger charge is 2.38. The van der Waals surface area contributed by atoms with Gasteiger partial charge in [0, 0.05) is 18.5 Å². The first-order valence-electron chi connectivity index (χ1n) is 7.17. The molecule has 2 fully saturated rings. The Balaban J connectivity index is 1.93. The quantitative estimate of drug-likeness (QED) is 0.683. The molecule has 0 amide bonds. The lowest BCUT2D eigenvalue weighted by Gasteiger charge is -2.42. The molecule has 0 saturated carbocycles. The van der Waals surface area contributed by atoms with E-state index in [-0.39, 0.29) is 0 Å². The number of fused-ring (bicyclic) bond motifs is 1. The van der Waals surface area contributed by atoms with Crippen molar-refractivity contribution in [3.8, 4) is 24.7 Å². The van der Waals surface area contributed by atoms with E-state index in [0.29, 0.717) is 6.04 Å². The van der Waals surface area contributed by atoms with E-state index < -0.39 is 0 Å². The van der Waals surface area contributed by atoms with E-state index in [1.54, 1.807) is 0 Å². The first-order valence-corrected chi connectivity index (χ1v) is 7.17. The molecule has 0 aromatic carbocycles. The number of hydrogen-bond acceptors (Lipinski definition) is 1. The zero-order valence-corrected chi connectivity index (χ0v) is 11.1. The number of allylic oxidation sites excluding steroid dienone is 1. The van der Waals surface area contributed by atoms with E-state index in [1.165, 1.54) is 38.6 Å². The van der Waals surface area contributed by atoms with E-state index in [9.17, 15) is 0 Å². The Morgan fingerprint density at radius 2 is 2.11 bits per heavy atom. The van der Waals surface area contributed by atoms with Crippen LogP contribution in [0.4, 0.5) is 0 Å². The summed E-state index contributed by atoms with van der Waals surface area (Å²) in [6.07, 6.45) is 23.3. The molecule has 96 valence electrons. The Morgan fingerprint density at radius 1 is 1.22 bits per heavy atom. The van der Waals surface area contributed by atoms with Crippen LogP contribution in [-0.2, 0) is 0 Å². The van der Waals surface area contributed by atoms with Gasteiger partial charge in [0.15, 0.2) is 0 Å². The lowest BCUT2D eigenvalue weighted by Crippen LogP contribution is -2.47. The van der Waals surface area contributed by atoms with Crippen molar-refractivity contribution in [2.45, 2.75) is 57.0 Å². The molecule has 2 aliphatic rings. The first kappa shape index (κ1) is 13.3. The molecule has 0 N–H and O–H groups in total. The fourth-order valence-corrected chi connectivity index (χ4v) is 3.69. The summed E-state index contributed by atoms with van der Waals surface area (Å²) < 4.78 is 0.